The Balaban J connectivity index is 1.62. The zero-order chi connectivity index (χ0) is 19.8. The van der Waals surface area contributed by atoms with Gasteiger partial charge in [-0.1, -0.05) is 12.1 Å². The van der Waals surface area contributed by atoms with Gasteiger partial charge in [0.1, 0.15) is 17.3 Å². The van der Waals surface area contributed by atoms with Crippen molar-refractivity contribution >= 4 is 16.7 Å². The van der Waals surface area contributed by atoms with Crippen LogP contribution in [0.15, 0.2) is 55.0 Å². The van der Waals surface area contributed by atoms with Crippen molar-refractivity contribution in [1.29, 1.82) is 0 Å². The number of nitrogens with one attached hydrogen (secondary N) is 3. The number of anilines is 1. The Labute approximate surface area is 166 Å². The predicted octanol–water partition coefficient (Wildman–Crippen LogP) is 4.34. The van der Waals surface area contributed by atoms with Crippen LogP contribution < -0.4 is 10.6 Å². The van der Waals surface area contributed by atoms with E-state index in [0.717, 1.165) is 36.0 Å². The molecule has 0 aliphatic carbocycles. The van der Waals surface area contributed by atoms with Crippen LogP contribution in [0.1, 0.15) is 6.42 Å². The maximum atomic E-state index is 14.3. The molecule has 1 saturated heterocycles. The zero-order valence-electron chi connectivity index (χ0n) is 15.5. The van der Waals surface area contributed by atoms with E-state index >= 15 is 0 Å². The fraction of sp³-hybridized carbons (Fsp3) is 0.182. The molecule has 0 saturated carbocycles. The van der Waals surface area contributed by atoms with Crippen molar-refractivity contribution in [3.63, 3.8) is 0 Å². The van der Waals surface area contributed by atoms with E-state index in [9.17, 15) is 8.78 Å². The molecule has 5 nitrogen and oxygen atoms in total. The largest absolute Gasteiger partial charge is 0.364 e. The molecule has 3 N–H and O–H groups in total. The highest BCUT2D eigenvalue weighted by Crippen LogP contribution is 2.35. The maximum absolute atomic E-state index is 14.3. The molecule has 0 spiro atoms. The fourth-order valence-electron chi connectivity index (χ4n) is 3.86. The van der Waals surface area contributed by atoms with E-state index in [0.29, 0.717) is 23.1 Å². The van der Waals surface area contributed by atoms with Crippen LogP contribution in [-0.2, 0) is 0 Å². The van der Waals surface area contributed by atoms with Gasteiger partial charge in [-0.3, -0.25) is 4.98 Å². The van der Waals surface area contributed by atoms with Crippen molar-refractivity contribution < 1.29 is 8.78 Å². The summed E-state index contributed by atoms with van der Waals surface area (Å²) in [5.41, 5.74) is 2.85. The summed E-state index contributed by atoms with van der Waals surface area (Å²) in [5.74, 6) is -0.473. The number of hydrogen-bond acceptors (Lipinski definition) is 4. The van der Waals surface area contributed by atoms with Gasteiger partial charge in [-0.2, -0.15) is 0 Å². The van der Waals surface area contributed by atoms with Crippen molar-refractivity contribution in [2.24, 2.45) is 0 Å². The first-order valence-electron chi connectivity index (χ1n) is 9.55. The average molecular weight is 391 g/mol. The number of halogens is 2. The normalized spacial score (nSPS) is 16.4. The van der Waals surface area contributed by atoms with Crippen molar-refractivity contribution in [3.05, 3.63) is 66.6 Å². The number of benzene rings is 2. The lowest BCUT2D eigenvalue weighted by Gasteiger charge is -2.14. The van der Waals surface area contributed by atoms with E-state index in [-0.39, 0.29) is 5.56 Å². The fourth-order valence-corrected chi connectivity index (χ4v) is 3.86. The van der Waals surface area contributed by atoms with Gasteiger partial charge in [-0.25, -0.2) is 13.8 Å². The number of nitrogens with zero attached hydrogens (tertiary/aromatic N) is 2. The van der Waals surface area contributed by atoms with Crippen LogP contribution in [0.3, 0.4) is 0 Å². The minimum absolute atomic E-state index is 0.0314. The summed E-state index contributed by atoms with van der Waals surface area (Å²) < 4.78 is 28.6. The molecule has 3 heterocycles. The van der Waals surface area contributed by atoms with E-state index in [2.05, 4.69) is 25.6 Å². The molecule has 0 radical (unpaired) electrons. The molecule has 7 heteroatoms. The lowest BCUT2D eigenvalue weighted by atomic mass is 10.0. The highest BCUT2D eigenvalue weighted by Gasteiger charge is 2.19. The quantitative estimate of drug-likeness (QED) is 0.484. The SMILES string of the molecule is Fc1cccc(F)c1-c1ccc2[nH]cc(-c3nccnc3N[C@@H]3CCNC3)c2c1. The Bertz CT molecular complexity index is 1160. The maximum Gasteiger partial charge on any atom is 0.152 e. The van der Waals surface area contributed by atoms with E-state index in [1.807, 2.05) is 12.3 Å². The number of aromatic nitrogens is 3. The zero-order valence-corrected chi connectivity index (χ0v) is 15.5. The molecule has 1 aliphatic heterocycles. The van der Waals surface area contributed by atoms with Crippen LogP contribution in [0.2, 0.25) is 0 Å². The Kier molecular flexibility index (Phi) is 4.44. The van der Waals surface area contributed by atoms with E-state index < -0.39 is 11.6 Å². The summed E-state index contributed by atoms with van der Waals surface area (Å²) in [7, 11) is 0. The first-order valence-corrected chi connectivity index (χ1v) is 9.55. The van der Waals surface area contributed by atoms with Gasteiger partial charge in [0.2, 0.25) is 0 Å². The monoisotopic (exact) mass is 391 g/mol. The van der Waals surface area contributed by atoms with Crippen LogP contribution >= 0.6 is 0 Å². The molecule has 1 aliphatic rings. The van der Waals surface area contributed by atoms with Gasteiger partial charge in [0.15, 0.2) is 5.82 Å². The molecule has 0 unspecified atom stereocenters. The number of H-pyrrole nitrogens is 1. The van der Waals surface area contributed by atoms with E-state index in [1.165, 1.54) is 18.2 Å². The highest BCUT2D eigenvalue weighted by atomic mass is 19.1. The molecule has 146 valence electrons. The van der Waals surface area contributed by atoms with E-state index in [4.69, 9.17) is 0 Å². The Morgan fingerprint density at radius 2 is 1.86 bits per heavy atom. The second-order valence-corrected chi connectivity index (χ2v) is 7.15. The van der Waals surface area contributed by atoms with Gasteiger partial charge in [0.25, 0.3) is 0 Å². The molecular formula is C22H19F2N5. The van der Waals surface area contributed by atoms with Gasteiger partial charge >= 0.3 is 0 Å². The number of fused-ring (bicyclic) bond motifs is 1. The number of hydrogen-bond donors (Lipinski definition) is 3. The second-order valence-electron chi connectivity index (χ2n) is 7.15. The Morgan fingerprint density at radius 1 is 1.03 bits per heavy atom. The highest BCUT2D eigenvalue weighted by molar-refractivity contribution is 5.99. The molecule has 0 amide bonds. The van der Waals surface area contributed by atoms with Gasteiger partial charge in [0.05, 0.1) is 5.56 Å². The molecular weight excluding hydrogens is 372 g/mol. The molecule has 4 aromatic rings. The predicted molar refractivity (Wildman–Crippen MR) is 110 cm³/mol. The van der Waals surface area contributed by atoms with Gasteiger partial charge in [-0.15, -0.1) is 0 Å². The molecule has 5 rings (SSSR count). The van der Waals surface area contributed by atoms with Crippen LogP contribution in [0.25, 0.3) is 33.3 Å². The lowest BCUT2D eigenvalue weighted by molar-refractivity contribution is 0.589. The third kappa shape index (κ3) is 3.23. The molecule has 1 fully saturated rings. The van der Waals surface area contributed by atoms with Crippen LogP contribution in [0, 0.1) is 11.6 Å². The minimum atomic E-state index is -0.586. The Hall–Kier alpha value is -3.32. The van der Waals surface area contributed by atoms with Gasteiger partial charge in [0, 0.05) is 47.6 Å². The molecule has 1 atom stereocenters. The third-order valence-corrected chi connectivity index (χ3v) is 5.29. The number of rotatable bonds is 4. The standard InChI is InChI=1S/C22H19F2N5/c23-17-2-1-3-18(24)20(17)13-4-5-19-15(10-13)16(12-28-19)21-22(27-9-8-26-21)29-14-6-7-25-11-14/h1-5,8-10,12,14,25,28H,6-7,11H2,(H,27,29)/t14-/m1/s1. The molecule has 2 aromatic carbocycles. The minimum Gasteiger partial charge on any atom is -0.364 e. The summed E-state index contributed by atoms with van der Waals surface area (Å²) in [6.45, 7) is 1.85. The average Bonchev–Trinajstić information content (AvgIpc) is 3.38. The van der Waals surface area contributed by atoms with Crippen molar-refractivity contribution in [3.8, 4) is 22.4 Å². The van der Waals surface area contributed by atoms with Gasteiger partial charge < -0.3 is 15.6 Å². The summed E-state index contributed by atoms with van der Waals surface area (Å²) in [5, 5.41) is 7.61. The summed E-state index contributed by atoms with van der Waals surface area (Å²) >= 11 is 0. The first kappa shape index (κ1) is 17.8. The Morgan fingerprint density at radius 3 is 2.66 bits per heavy atom. The van der Waals surface area contributed by atoms with Crippen molar-refractivity contribution in [2.45, 2.75) is 12.5 Å². The van der Waals surface area contributed by atoms with Crippen LogP contribution in [-0.4, -0.2) is 34.1 Å². The summed E-state index contributed by atoms with van der Waals surface area (Å²) in [6.07, 6.45) is 6.17. The molecule has 29 heavy (non-hydrogen) atoms. The first-order chi connectivity index (χ1) is 14.2. The summed E-state index contributed by atoms with van der Waals surface area (Å²) in [4.78, 5) is 12.2. The van der Waals surface area contributed by atoms with Gasteiger partial charge in [-0.05, 0) is 42.8 Å². The summed E-state index contributed by atoms with van der Waals surface area (Å²) in [6, 6.07) is 9.51. The second kappa shape index (κ2) is 7.25. The van der Waals surface area contributed by atoms with Crippen LogP contribution in [0.5, 0.6) is 0 Å². The molecule has 2 aromatic heterocycles. The number of aromatic amines is 1. The van der Waals surface area contributed by atoms with E-state index in [1.54, 1.807) is 24.5 Å². The van der Waals surface area contributed by atoms with Crippen LogP contribution in [0.4, 0.5) is 14.6 Å². The van der Waals surface area contributed by atoms with Crippen molar-refractivity contribution in [2.75, 3.05) is 18.4 Å². The lowest BCUT2D eigenvalue weighted by Crippen LogP contribution is -2.23. The van der Waals surface area contributed by atoms with Crippen molar-refractivity contribution in [1.82, 2.24) is 20.3 Å². The topological polar surface area (TPSA) is 65.6 Å². The third-order valence-electron chi connectivity index (χ3n) is 5.29. The smallest absolute Gasteiger partial charge is 0.152 e. The molecule has 0 bridgehead atoms.